The molecule has 8 nitrogen and oxygen atoms in total. The van der Waals surface area contributed by atoms with Crippen molar-refractivity contribution in [2.24, 2.45) is 24.8 Å². The number of carbonyl (C=O) groups excluding carboxylic acids is 2. The Balaban J connectivity index is 1.29. The first-order valence-electron chi connectivity index (χ1n) is 8.70. The van der Waals surface area contributed by atoms with Crippen LogP contribution in [0.2, 0.25) is 0 Å². The monoisotopic (exact) mass is 352 g/mol. The van der Waals surface area contributed by atoms with Crippen molar-refractivity contribution < 1.29 is 9.59 Å². The summed E-state index contributed by atoms with van der Waals surface area (Å²) in [5, 5.41) is 17.2. The van der Waals surface area contributed by atoms with Gasteiger partial charge in [-0.3, -0.25) is 9.59 Å². The van der Waals surface area contributed by atoms with E-state index in [-0.39, 0.29) is 0 Å². The van der Waals surface area contributed by atoms with Crippen molar-refractivity contribution in [3.05, 3.63) is 36.4 Å². The van der Waals surface area contributed by atoms with Gasteiger partial charge >= 0.3 is 11.8 Å². The molecular weight excluding hydrogens is 332 g/mol. The molecule has 134 valence electrons. The predicted molar refractivity (Wildman–Crippen MR) is 94.7 cm³/mol. The van der Waals surface area contributed by atoms with Crippen molar-refractivity contribution in [3.8, 4) is 11.4 Å². The molecule has 1 heterocycles. The first-order valence-corrected chi connectivity index (χ1v) is 8.70. The molecule has 4 rings (SSSR count). The minimum Gasteiger partial charge on any atom is -0.348 e. The average Bonchev–Trinajstić information content (AvgIpc) is 3.37. The Kier molecular flexibility index (Phi) is 4.24. The second-order valence-corrected chi connectivity index (χ2v) is 6.88. The molecule has 0 spiro atoms. The number of carbonyl (C=O) groups is 2. The van der Waals surface area contributed by atoms with Crippen molar-refractivity contribution in [1.29, 1.82) is 0 Å². The summed E-state index contributed by atoms with van der Waals surface area (Å²) in [5.41, 5.74) is 1.32. The Bertz CT molecular complexity index is 857. The van der Waals surface area contributed by atoms with Crippen molar-refractivity contribution in [1.82, 2.24) is 25.5 Å². The van der Waals surface area contributed by atoms with Gasteiger partial charge in [0.2, 0.25) is 5.82 Å². The Morgan fingerprint density at radius 1 is 1.15 bits per heavy atom. The van der Waals surface area contributed by atoms with E-state index in [9.17, 15) is 9.59 Å². The normalized spacial score (nSPS) is 23.2. The van der Waals surface area contributed by atoms with E-state index in [1.165, 1.54) is 11.2 Å². The lowest BCUT2D eigenvalue weighted by atomic mass is 9.94. The molecule has 3 atom stereocenters. The van der Waals surface area contributed by atoms with Crippen molar-refractivity contribution in [3.63, 3.8) is 0 Å². The summed E-state index contributed by atoms with van der Waals surface area (Å²) in [7, 11) is 1.69. The Hall–Kier alpha value is -3.03. The molecule has 2 aromatic rings. The van der Waals surface area contributed by atoms with Gasteiger partial charge in [0.25, 0.3) is 0 Å². The predicted octanol–water partition coefficient (Wildman–Crippen LogP) is 1.14. The van der Waals surface area contributed by atoms with Gasteiger partial charge in [-0.1, -0.05) is 12.2 Å². The number of rotatable bonds is 4. The molecule has 0 aliphatic heterocycles. The van der Waals surface area contributed by atoms with Crippen LogP contribution in [0.1, 0.15) is 12.8 Å². The van der Waals surface area contributed by atoms with Gasteiger partial charge in [-0.25, -0.2) is 0 Å². The number of nitrogens with zero attached hydrogens (tertiary/aromatic N) is 4. The van der Waals surface area contributed by atoms with Crippen molar-refractivity contribution >= 4 is 17.5 Å². The van der Waals surface area contributed by atoms with Crippen LogP contribution >= 0.6 is 0 Å². The van der Waals surface area contributed by atoms with Crippen LogP contribution in [0.4, 0.5) is 5.69 Å². The molecule has 26 heavy (non-hydrogen) atoms. The van der Waals surface area contributed by atoms with E-state index >= 15 is 0 Å². The SMILES string of the molecule is Cn1nnc(-c2ccc(NC(=O)C(=O)NC[C@@H]3C[C@@H]4C=C[C@H]3C4)cc2)n1. The van der Waals surface area contributed by atoms with Crippen LogP contribution in [-0.4, -0.2) is 38.6 Å². The topological polar surface area (TPSA) is 102 Å². The maximum atomic E-state index is 12.1. The van der Waals surface area contributed by atoms with Gasteiger partial charge in [-0.05, 0) is 60.1 Å². The number of anilines is 1. The molecule has 0 saturated heterocycles. The second-order valence-electron chi connectivity index (χ2n) is 6.88. The molecule has 8 heteroatoms. The van der Waals surface area contributed by atoms with E-state index in [1.807, 2.05) is 0 Å². The third-order valence-electron chi connectivity index (χ3n) is 5.06. The number of aromatic nitrogens is 4. The highest BCUT2D eigenvalue weighted by Crippen LogP contribution is 2.42. The zero-order valence-electron chi connectivity index (χ0n) is 14.4. The van der Waals surface area contributed by atoms with E-state index in [0.717, 1.165) is 12.0 Å². The van der Waals surface area contributed by atoms with Gasteiger partial charge in [0.15, 0.2) is 0 Å². The van der Waals surface area contributed by atoms with Gasteiger partial charge in [0.05, 0.1) is 7.05 Å². The Labute approximate surface area is 150 Å². The van der Waals surface area contributed by atoms with Gasteiger partial charge in [0.1, 0.15) is 0 Å². The Morgan fingerprint density at radius 2 is 1.96 bits per heavy atom. The molecule has 0 radical (unpaired) electrons. The van der Waals surface area contributed by atoms with Crippen LogP contribution in [0.15, 0.2) is 36.4 Å². The molecular formula is C18H20N6O2. The average molecular weight is 352 g/mol. The number of hydrogen-bond acceptors (Lipinski definition) is 5. The number of amides is 2. The summed E-state index contributed by atoms with van der Waals surface area (Å²) in [5.74, 6) is 0.887. The summed E-state index contributed by atoms with van der Waals surface area (Å²) in [6.45, 7) is 0.551. The van der Waals surface area contributed by atoms with E-state index in [2.05, 4.69) is 38.2 Å². The quantitative estimate of drug-likeness (QED) is 0.635. The Morgan fingerprint density at radius 3 is 2.58 bits per heavy atom. The molecule has 1 saturated carbocycles. The smallest absolute Gasteiger partial charge is 0.313 e. The largest absolute Gasteiger partial charge is 0.348 e. The summed E-state index contributed by atoms with van der Waals surface area (Å²) >= 11 is 0. The van der Waals surface area contributed by atoms with Crippen LogP contribution in [0.5, 0.6) is 0 Å². The molecule has 1 aromatic heterocycles. The van der Waals surface area contributed by atoms with Crippen molar-refractivity contribution in [2.75, 3.05) is 11.9 Å². The highest BCUT2D eigenvalue weighted by molar-refractivity contribution is 6.39. The standard InChI is InChI=1S/C18H20N6O2/c1-24-22-16(21-23-24)12-4-6-15(7-5-12)20-18(26)17(25)19-10-14-9-11-2-3-13(14)8-11/h2-7,11,13-14H,8-10H2,1H3,(H,19,25)(H,20,26)/t11-,13+,14+/m1/s1. The third kappa shape index (κ3) is 3.35. The van der Waals surface area contributed by atoms with Crippen molar-refractivity contribution in [2.45, 2.75) is 12.8 Å². The molecule has 2 aliphatic rings. The van der Waals surface area contributed by atoms with Crippen LogP contribution in [0.3, 0.4) is 0 Å². The second kappa shape index (κ2) is 6.70. The summed E-state index contributed by atoms with van der Waals surface area (Å²) in [4.78, 5) is 25.5. The fraction of sp³-hybridized carbons (Fsp3) is 0.389. The molecule has 0 unspecified atom stereocenters. The number of fused-ring (bicyclic) bond motifs is 2. The van der Waals surface area contributed by atoms with E-state index in [1.54, 1.807) is 31.3 Å². The van der Waals surface area contributed by atoms with E-state index < -0.39 is 11.8 Å². The summed E-state index contributed by atoms with van der Waals surface area (Å²) < 4.78 is 0. The first kappa shape index (κ1) is 16.4. The first-order chi connectivity index (χ1) is 12.6. The molecule has 1 fully saturated rings. The van der Waals surface area contributed by atoms with E-state index in [4.69, 9.17) is 0 Å². The zero-order chi connectivity index (χ0) is 18.1. The summed E-state index contributed by atoms with van der Waals surface area (Å²) in [6.07, 6.45) is 6.77. The van der Waals surface area contributed by atoms with E-state index in [0.29, 0.717) is 35.8 Å². The lowest BCUT2D eigenvalue weighted by Gasteiger charge is -2.18. The number of hydrogen-bond donors (Lipinski definition) is 2. The van der Waals surface area contributed by atoms with Crippen LogP contribution in [0.25, 0.3) is 11.4 Å². The fourth-order valence-corrected chi connectivity index (χ4v) is 3.72. The maximum Gasteiger partial charge on any atom is 0.313 e. The van der Waals surface area contributed by atoms with Gasteiger partial charge < -0.3 is 10.6 Å². The third-order valence-corrected chi connectivity index (χ3v) is 5.06. The van der Waals surface area contributed by atoms with Crippen LogP contribution in [-0.2, 0) is 16.6 Å². The minimum absolute atomic E-state index is 0.445. The lowest BCUT2D eigenvalue weighted by Crippen LogP contribution is -2.38. The summed E-state index contributed by atoms with van der Waals surface area (Å²) in [6, 6.07) is 6.95. The number of nitrogens with one attached hydrogen (secondary N) is 2. The molecule has 2 N–H and O–H groups in total. The highest BCUT2D eigenvalue weighted by Gasteiger charge is 2.35. The number of allylic oxidation sites excluding steroid dienone is 2. The molecule has 2 amide bonds. The van der Waals surface area contributed by atoms with Gasteiger partial charge in [-0.15, -0.1) is 10.2 Å². The van der Waals surface area contributed by atoms with Gasteiger partial charge in [0, 0.05) is 17.8 Å². The minimum atomic E-state index is -0.658. The maximum absolute atomic E-state index is 12.1. The zero-order valence-corrected chi connectivity index (χ0v) is 14.4. The number of aryl methyl sites for hydroxylation is 1. The van der Waals surface area contributed by atoms with Crippen LogP contribution < -0.4 is 10.6 Å². The molecule has 2 bridgehead atoms. The number of benzene rings is 1. The molecule has 1 aromatic carbocycles. The van der Waals surface area contributed by atoms with Crippen LogP contribution in [0, 0.1) is 17.8 Å². The fourth-order valence-electron chi connectivity index (χ4n) is 3.72. The lowest BCUT2D eigenvalue weighted by molar-refractivity contribution is -0.136. The van der Waals surface area contributed by atoms with Gasteiger partial charge in [-0.2, -0.15) is 4.80 Å². The highest BCUT2D eigenvalue weighted by atomic mass is 16.2. The molecule has 2 aliphatic carbocycles. The number of tetrazole rings is 1.